The smallest absolute Gasteiger partial charge is 0.261 e. The van der Waals surface area contributed by atoms with Crippen molar-refractivity contribution in [2.75, 3.05) is 20.3 Å². The molecule has 1 aromatic carbocycles. The van der Waals surface area contributed by atoms with Gasteiger partial charge in [-0.15, -0.1) is 0 Å². The van der Waals surface area contributed by atoms with Gasteiger partial charge in [-0.05, 0) is 12.1 Å². The van der Waals surface area contributed by atoms with Crippen LogP contribution >= 0.6 is 26.6 Å². The fourth-order valence-electron chi connectivity index (χ4n) is 1.15. The van der Waals surface area contributed by atoms with Gasteiger partial charge in [0.1, 0.15) is 5.75 Å². The van der Waals surface area contributed by atoms with Crippen molar-refractivity contribution in [3.8, 4) is 5.75 Å². The molecule has 0 aromatic heterocycles. The Balaban J connectivity index is 2.77. The zero-order chi connectivity index (χ0) is 12.9. The quantitative estimate of drug-likeness (QED) is 0.589. The van der Waals surface area contributed by atoms with Crippen molar-refractivity contribution in [1.29, 1.82) is 0 Å². The summed E-state index contributed by atoms with van der Waals surface area (Å²) in [7, 11) is 3.12. The van der Waals surface area contributed by atoms with Crippen LogP contribution in [-0.2, 0) is 13.8 Å². The lowest BCUT2D eigenvalue weighted by molar-refractivity contribution is 0.172. The third kappa shape index (κ3) is 5.25. The van der Waals surface area contributed by atoms with Crippen LogP contribution in [0.15, 0.2) is 27.6 Å². The molecule has 0 aliphatic carbocycles. The normalized spacial score (nSPS) is 11.5. The molecule has 96 valence electrons. The minimum absolute atomic E-state index is 0.00952. The first-order valence-corrected chi connectivity index (χ1v) is 7.90. The zero-order valence-corrected chi connectivity index (χ0v) is 12.3. The molecule has 0 aliphatic rings. The van der Waals surface area contributed by atoms with E-state index in [1.807, 2.05) is 0 Å². The maximum atomic E-state index is 11.2. The highest BCUT2D eigenvalue weighted by atomic mass is 79.9. The van der Waals surface area contributed by atoms with Gasteiger partial charge < -0.3 is 9.47 Å². The number of benzene rings is 1. The summed E-state index contributed by atoms with van der Waals surface area (Å²) in [5, 5.41) is 0. The van der Waals surface area contributed by atoms with E-state index in [1.165, 1.54) is 12.1 Å². The van der Waals surface area contributed by atoms with Crippen molar-refractivity contribution in [2.24, 2.45) is 0 Å². The lowest BCUT2D eigenvalue weighted by Crippen LogP contribution is -2.02. The third-order valence-electron chi connectivity index (χ3n) is 1.89. The monoisotopic (exact) mass is 342 g/mol. The summed E-state index contributed by atoms with van der Waals surface area (Å²) in [6, 6.07) is 4.49. The van der Waals surface area contributed by atoms with Crippen LogP contribution in [0.1, 0.15) is 6.42 Å². The summed E-state index contributed by atoms with van der Waals surface area (Å²) in [6.07, 6.45) is 0.728. The van der Waals surface area contributed by atoms with E-state index < -0.39 is 9.05 Å². The number of hydrogen-bond donors (Lipinski definition) is 0. The molecule has 0 atom stereocenters. The van der Waals surface area contributed by atoms with E-state index in [0.717, 1.165) is 6.42 Å². The average Bonchev–Trinajstić information content (AvgIpc) is 2.22. The molecule has 0 spiro atoms. The van der Waals surface area contributed by atoms with Crippen LogP contribution in [0.3, 0.4) is 0 Å². The van der Waals surface area contributed by atoms with Crippen LogP contribution in [-0.4, -0.2) is 28.7 Å². The summed E-state index contributed by atoms with van der Waals surface area (Å²) < 4.78 is 33.2. The van der Waals surface area contributed by atoms with Crippen molar-refractivity contribution >= 4 is 35.7 Å². The number of methoxy groups -OCH3 is 1. The first kappa shape index (κ1) is 14.8. The molecule has 1 aromatic rings. The predicted molar refractivity (Wildman–Crippen MR) is 69.2 cm³/mol. The SMILES string of the molecule is COCCCOc1cc(Br)cc(S(=O)(=O)Cl)c1. The second-order valence-electron chi connectivity index (χ2n) is 3.26. The molecule has 17 heavy (non-hydrogen) atoms. The minimum Gasteiger partial charge on any atom is -0.493 e. The molecule has 0 saturated heterocycles. The number of halogens is 2. The van der Waals surface area contributed by atoms with Gasteiger partial charge in [-0.2, -0.15) is 0 Å². The van der Waals surface area contributed by atoms with Crippen LogP contribution in [0.5, 0.6) is 5.75 Å². The molecular formula is C10H12BrClO4S. The molecule has 0 heterocycles. The lowest BCUT2D eigenvalue weighted by Gasteiger charge is -2.07. The molecule has 0 bridgehead atoms. The van der Waals surface area contributed by atoms with E-state index in [0.29, 0.717) is 23.4 Å². The summed E-state index contributed by atoms with van der Waals surface area (Å²) in [5.41, 5.74) is 0. The molecule has 7 heteroatoms. The van der Waals surface area contributed by atoms with E-state index in [-0.39, 0.29) is 4.90 Å². The molecule has 1 rings (SSSR count). The van der Waals surface area contributed by atoms with Gasteiger partial charge in [0.25, 0.3) is 9.05 Å². The van der Waals surface area contributed by atoms with Crippen LogP contribution in [0.25, 0.3) is 0 Å². The first-order valence-electron chi connectivity index (χ1n) is 4.80. The van der Waals surface area contributed by atoms with Crippen molar-refractivity contribution in [1.82, 2.24) is 0 Å². The Morgan fingerprint density at radius 2 is 2.00 bits per heavy atom. The van der Waals surface area contributed by atoms with Crippen LogP contribution in [0, 0.1) is 0 Å². The predicted octanol–water partition coefficient (Wildman–Crippen LogP) is 2.79. The van der Waals surface area contributed by atoms with Gasteiger partial charge in [0.2, 0.25) is 0 Å². The van der Waals surface area contributed by atoms with E-state index in [9.17, 15) is 8.42 Å². The number of ether oxygens (including phenoxy) is 2. The number of hydrogen-bond acceptors (Lipinski definition) is 4. The van der Waals surface area contributed by atoms with Crippen molar-refractivity contribution in [2.45, 2.75) is 11.3 Å². The molecule has 0 radical (unpaired) electrons. The lowest BCUT2D eigenvalue weighted by atomic mass is 10.3. The second kappa shape index (κ2) is 6.58. The van der Waals surface area contributed by atoms with E-state index in [2.05, 4.69) is 15.9 Å². The van der Waals surface area contributed by atoms with Gasteiger partial charge in [-0.25, -0.2) is 8.42 Å². The van der Waals surface area contributed by atoms with Gasteiger partial charge in [0, 0.05) is 41.4 Å². The van der Waals surface area contributed by atoms with Crippen LogP contribution in [0.4, 0.5) is 0 Å². The Bertz CT molecular complexity index is 475. The van der Waals surface area contributed by atoms with Gasteiger partial charge in [0.15, 0.2) is 0 Å². The Labute approximate surface area is 113 Å². The molecule has 0 saturated carbocycles. The molecular weight excluding hydrogens is 332 g/mol. The highest BCUT2D eigenvalue weighted by Gasteiger charge is 2.12. The topological polar surface area (TPSA) is 52.6 Å². The third-order valence-corrected chi connectivity index (χ3v) is 3.68. The second-order valence-corrected chi connectivity index (χ2v) is 6.74. The molecule has 0 N–H and O–H groups in total. The van der Waals surface area contributed by atoms with Gasteiger partial charge in [-0.3, -0.25) is 0 Å². The number of rotatable bonds is 6. The van der Waals surface area contributed by atoms with E-state index >= 15 is 0 Å². The van der Waals surface area contributed by atoms with Crippen LogP contribution in [0.2, 0.25) is 0 Å². The fourth-order valence-corrected chi connectivity index (χ4v) is 2.57. The Morgan fingerprint density at radius 3 is 2.59 bits per heavy atom. The highest BCUT2D eigenvalue weighted by molar-refractivity contribution is 9.10. The molecule has 0 amide bonds. The highest BCUT2D eigenvalue weighted by Crippen LogP contribution is 2.26. The zero-order valence-electron chi connectivity index (χ0n) is 9.15. The fraction of sp³-hybridized carbons (Fsp3) is 0.400. The summed E-state index contributed by atoms with van der Waals surface area (Å²) >= 11 is 3.20. The largest absolute Gasteiger partial charge is 0.493 e. The van der Waals surface area contributed by atoms with Crippen LogP contribution < -0.4 is 4.74 Å². The first-order chi connectivity index (χ1) is 7.93. The summed E-state index contributed by atoms with van der Waals surface area (Å²) in [5.74, 6) is 0.453. The van der Waals surface area contributed by atoms with Gasteiger partial charge in [0.05, 0.1) is 11.5 Å². The molecule has 0 unspecified atom stereocenters. The van der Waals surface area contributed by atoms with Crippen molar-refractivity contribution < 1.29 is 17.9 Å². The average molecular weight is 344 g/mol. The van der Waals surface area contributed by atoms with Gasteiger partial charge in [-0.1, -0.05) is 15.9 Å². The van der Waals surface area contributed by atoms with E-state index in [4.69, 9.17) is 20.2 Å². The Morgan fingerprint density at radius 1 is 1.29 bits per heavy atom. The minimum atomic E-state index is -3.75. The molecule has 0 fully saturated rings. The maximum Gasteiger partial charge on any atom is 0.261 e. The maximum absolute atomic E-state index is 11.2. The Hall–Kier alpha value is -0.300. The molecule has 0 aliphatic heterocycles. The van der Waals surface area contributed by atoms with Crippen molar-refractivity contribution in [3.05, 3.63) is 22.7 Å². The van der Waals surface area contributed by atoms with Gasteiger partial charge >= 0.3 is 0 Å². The standard InChI is InChI=1S/C10H12BrClO4S/c1-15-3-2-4-16-9-5-8(11)6-10(7-9)17(12,13)14/h5-7H,2-4H2,1H3. The molecule has 4 nitrogen and oxygen atoms in total. The van der Waals surface area contributed by atoms with E-state index in [1.54, 1.807) is 13.2 Å². The Kier molecular flexibility index (Phi) is 5.72. The summed E-state index contributed by atoms with van der Waals surface area (Å²) in [6.45, 7) is 1.04. The summed E-state index contributed by atoms with van der Waals surface area (Å²) in [4.78, 5) is 0.00952. The van der Waals surface area contributed by atoms with Crippen molar-refractivity contribution in [3.63, 3.8) is 0 Å².